The predicted octanol–water partition coefficient (Wildman–Crippen LogP) is 0.313. The van der Waals surface area contributed by atoms with E-state index in [4.69, 9.17) is 10.5 Å². The van der Waals surface area contributed by atoms with Gasteiger partial charge in [-0.2, -0.15) is 0 Å². The molecule has 1 amide bonds. The second-order valence-corrected chi connectivity index (χ2v) is 7.21. The Morgan fingerprint density at radius 3 is 2.65 bits per heavy atom. The van der Waals surface area contributed by atoms with Crippen molar-refractivity contribution < 1.29 is 17.9 Å². The number of ether oxygens (including phenoxy) is 1. The lowest BCUT2D eigenvalue weighted by Crippen LogP contribution is -2.34. The molecule has 0 aliphatic carbocycles. The van der Waals surface area contributed by atoms with Crippen LogP contribution in [0.4, 0.5) is 0 Å². The first kappa shape index (κ1) is 17.7. The Bertz CT molecular complexity index is 631. The van der Waals surface area contributed by atoms with E-state index in [0.717, 1.165) is 6.42 Å². The summed E-state index contributed by atoms with van der Waals surface area (Å²) in [6.45, 7) is 3.64. The molecule has 23 heavy (non-hydrogen) atoms. The lowest BCUT2D eigenvalue weighted by molar-refractivity contribution is -0.130. The first-order chi connectivity index (χ1) is 10.9. The van der Waals surface area contributed by atoms with Crippen LogP contribution < -0.4 is 15.2 Å². The minimum atomic E-state index is -3.62. The molecule has 7 nitrogen and oxygen atoms in total. The molecule has 1 saturated heterocycles. The highest BCUT2D eigenvalue weighted by Gasteiger charge is 2.23. The van der Waals surface area contributed by atoms with Gasteiger partial charge >= 0.3 is 0 Å². The van der Waals surface area contributed by atoms with Crippen LogP contribution in [-0.4, -0.2) is 51.5 Å². The van der Waals surface area contributed by atoms with E-state index in [0.29, 0.717) is 25.4 Å². The Morgan fingerprint density at radius 1 is 1.39 bits per heavy atom. The number of nitrogens with zero attached hydrogens (tertiary/aromatic N) is 1. The molecule has 1 heterocycles. The van der Waals surface area contributed by atoms with E-state index in [-0.39, 0.29) is 29.8 Å². The summed E-state index contributed by atoms with van der Waals surface area (Å²) in [5, 5.41) is 0. The minimum Gasteiger partial charge on any atom is -0.494 e. The summed E-state index contributed by atoms with van der Waals surface area (Å²) in [4.78, 5) is 13.8. The van der Waals surface area contributed by atoms with Gasteiger partial charge in [-0.05, 0) is 37.6 Å². The van der Waals surface area contributed by atoms with E-state index in [1.54, 1.807) is 17.0 Å². The lowest BCUT2D eigenvalue weighted by atomic mass is 10.3. The number of sulfonamides is 1. The highest BCUT2D eigenvalue weighted by Crippen LogP contribution is 2.16. The standard InChI is InChI=1S/C15H23N3O4S/c1-2-22-13-3-5-14(6-4-13)23(20,21)17-9-7-15(19)18-10-8-12(16)11-18/h3-6,12,17H,2,7-11,16H2,1H3/t12-/m1/s1. The van der Waals surface area contributed by atoms with Crippen LogP contribution in [0.15, 0.2) is 29.2 Å². The van der Waals surface area contributed by atoms with E-state index >= 15 is 0 Å². The Hall–Kier alpha value is -1.64. The molecule has 3 N–H and O–H groups in total. The van der Waals surface area contributed by atoms with Crippen LogP contribution in [0.1, 0.15) is 19.8 Å². The second kappa shape index (κ2) is 7.76. The molecular formula is C15H23N3O4S. The normalized spacial score (nSPS) is 18.2. The van der Waals surface area contributed by atoms with Crippen molar-refractivity contribution in [2.24, 2.45) is 5.73 Å². The number of amides is 1. The number of carbonyl (C=O) groups is 1. The summed E-state index contributed by atoms with van der Waals surface area (Å²) < 4.78 is 32.0. The van der Waals surface area contributed by atoms with Crippen LogP contribution in [-0.2, 0) is 14.8 Å². The van der Waals surface area contributed by atoms with Crippen LogP contribution in [0.25, 0.3) is 0 Å². The Balaban J connectivity index is 1.85. The number of hydrogen-bond donors (Lipinski definition) is 2. The third-order valence-electron chi connectivity index (χ3n) is 3.65. The van der Waals surface area contributed by atoms with Crippen molar-refractivity contribution in [1.29, 1.82) is 0 Å². The van der Waals surface area contributed by atoms with Crippen molar-refractivity contribution in [1.82, 2.24) is 9.62 Å². The van der Waals surface area contributed by atoms with Gasteiger partial charge in [0.1, 0.15) is 5.75 Å². The molecule has 128 valence electrons. The number of nitrogens with one attached hydrogen (secondary N) is 1. The van der Waals surface area contributed by atoms with E-state index in [1.165, 1.54) is 12.1 Å². The molecule has 0 radical (unpaired) electrons. The van der Waals surface area contributed by atoms with Gasteiger partial charge in [-0.3, -0.25) is 4.79 Å². The first-order valence-corrected chi connectivity index (χ1v) is 9.16. The Kier molecular flexibility index (Phi) is 5.97. The maximum atomic E-state index is 12.2. The molecule has 1 aliphatic heterocycles. The number of nitrogens with two attached hydrogens (primary N) is 1. The highest BCUT2D eigenvalue weighted by molar-refractivity contribution is 7.89. The van der Waals surface area contributed by atoms with E-state index in [2.05, 4.69) is 4.72 Å². The molecule has 2 rings (SSSR count). The summed E-state index contributed by atoms with van der Waals surface area (Å²) >= 11 is 0. The lowest BCUT2D eigenvalue weighted by Gasteiger charge is -2.15. The van der Waals surface area contributed by atoms with Crippen molar-refractivity contribution in [3.8, 4) is 5.75 Å². The third-order valence-corrected chi connectivity index (χ3v) is 5.13. The minimum absolute atomic E-state index is 0.0273. The van der Waals surface area contributed by atoms with Crippen LogP contribution in [0.2, 0.25) is 0 Å². The molecule has 1 atom stereocenters. The zero-order chi connectivity index (χ0) is 16.9. The zero-order valence-corrected chi connectivity index (χ0v) is 14.0. The van der Waals surface area contributed by atoms with Crippen LogP contribution in [0.5, 0.6) is 5.75 Å². The van der Waals surface area contributed by atoms with Gasteiger partial charge in [0, 0.05) is 32.1 Å². The van der Waals surface area contributed by atoms with Gasteiger partial charge in [-0.15, -0.1) is 0 Å². The van der Waals surface area contributed by atoms with Crippen molar-refractivity contribution >= 4 is 15.9 Å². The van der Waals surface area contributed by atoms with Crippen LogP contribution >= 0.6 is 0 Å². The molecule has 0 saturated carbocycles. The smallest absolute Gasteiger partial charge is 0.240 e. The quantitative estimate of drug-likeness (QED) is 0.743. The van der Waals surface area contributed by atoms with Gasteiger partial charge in [0.25, 0.3) is 0 Å². The number of likely N-dealkylation sites (tertiary alicyclic amines) is 1. The molecule has 8 heteroatoms. The SMILES string of the molecule is CCOc1ccc(S(=O)(=O)NCCC(=O)N2CC[C@@H](N)C2)cc1. The zero-order valence-electron chi connectivity index (χ0n) is 13.2. The van der Waals surface area contributed by atoms with Crippen molar-refractivity contribution in [3.05, 3.63) is 24.3 Å². The van der Waals surface area contributed by atoms with Crippen molar-refractivity contribution in [2.45, 2.75) is 30.7 Å². The van der Waals surface area contributed by atoms with Crippen molar-refractivity contribution in [3.63, 3.8) is 0 Å². The largest absolute Gasteiger partial charge is 0.494 e. The topological polar surface area (TPSA) is 102 Å². The van der Waals surface area contributed by atoms with Crippen LogP contribution in [0, 0.1) is 0 Å². The predicted molar refractivity (Wildman–Crippen MR) is 86.6 cm³/mol. The fourth-order valence-corrected chi connectivity index (χ4v) is 3.46. The highest BCUT2D eigenvalue weighted by atomic mass is 32.2. The van der Waals surface area contributed by atoms with Gasteiger partial charge in [0.05, 0.1) is 11.5 Å². The second-order valence-electron chi connectivity index (χ2n) is 5.44. The van der Waals surface area contributed by atoms with E-state index in [1.807, 2.05) is 6.92 Å². The maximum Gasteiger partial charge on any atom is 0.240 e. The molecule has 1 aromatic carbocycles. The maximum absolute atomic E-state index is 12.2. The fourth-order valence-electron chi connectivity index (χ4n) is 2.43. The molecule has 1 aromatic rings. The summed E-state index contributed by atoms with van der Waals surface area (Å²) in [5.41, 5.74) is 5.75. The van der Waals surface area contributed by atoms with Crippen LogP contribution in [0.3, 0.4) is 0 Å². The number of rotatable bonds is 7. The van der Waals surface area contributed by atoms with Gasteiger partial charge in [0.15, 0.2) is 0 Å². The van der Waals surface area contributed by atoms with Gasteiger partial charge in [-0.25, -0.2) is 13.1 Å². The van der Waals surface area contributed by atoms with Gasteiger partial charge in [0.2, 0.25) is 15.9 Å². The molecule has 0 aromatic heterocycles. The molecule has 0 unspecified atom stereocenters. The summed E-state index contributed by atoms with van der Waals surface area (Å²) in [5.74, 6) is 0.541. The molecule has 0 bridgehead atoms. The molecule has 1 aliphatic rings. The Labute approximate surface area is 136 Å². The number of benzene rings is 1. The van der Waals surface area contributed by atoms with Gasteiger partial charge in [-0.1, -0.05) is 0 Å². The summed E-state index contributed by atoms with van der Waals surface area (Å²) in [7, 11) is -3.62. The monoisotopic (exact) mass is 341 g/mol. The summed E-state index contributed by atoms with van der Waals surface area (Å²) in [6.07, 6.45) is 0.923. The first-order valence-electron chi connectivity index (χ1n) is 7.68. The average molecular weight is 341 g/mol. The average Bonchev–Trinajstić information content (AvgIpc) is 2.94. The van der Waals surface area contributed by atoms with Crippen molar-refractivity contribution in [2.75, 3.05) is 26.2 Å². The van der Waals surface area contributed by atoms with Gasteiger partial charge < -0.3 is 15.4 Å². The molecule has 0 spiro atoms. The summed E-state index contributed by atoms with van der Waals surface area (Å²) in [6, 6.07) is 6.20. The molecular weight excluding hydrogens is 318 g/mol. The van der Waals surface area contributed by atoms with E-state index in [9.17, 15) is 13.2 Å². The molecule has 1 fully saturated rings. The number of carbonyl (C=O) groups excluding carboxylic acids is 1. The Morgan fingerprint density at radius 2 is 2.09 bits per heavy atom. The van der Waals surface area contributed by atoms with E-state index < -0.39 is 10.0 Å². The third kappa shape index (κ3) is 4.92. The fraction of sp³-hybridized carbons (Fsp3) is 0.533. The number of hydrogen-bond acceptors (Lipinski definition) is 5.